The molecule has 1 atom stereocenters. The minimum absolute atomic E-state index is 0.0407. The van der Waals surface area contributed by atoms with Gasteiger partial charge in [-0.15, -0.1) is 0 Å². The molecular weight excluding hydrogens is 342 g/mol. The van der Waals surface area contributed by atoms with E-state index in [1.165, 1.54) is 0 Å². The second-order valence-electron chi connectivity index (χ2n) is 8.82. The highest BCUT2D eigenvalue weighted by Gasteiger charge is 2.31. The molecule has 0 N–H and O–H groups in total. The molecule has 0 radical (unpaired) electrons. The maximum absolute atomic E-state index is 12.9. The van der Waals surface area contributed by atoms with Gasteiger partial charge in [0, 0.05) is 55.3 Å². The van der Waals surface area contributed by atoms with Crippen LogP contribution in [0.3, 0.4) is 0 Å². The fraction of sp³-hybridized carbons (Fsp3) is 0.714. The number of carbonyl (C=O) groups excluding carboxylic acids is 2. The van der Waals surface area contributed by atoms with Crippen LogP contribution in [0.4, 0.5) is 0 Å². The van der Waals surface area contributed by atoms with Gasteiger partial charge in [0.05, 0.1) is 6.54 Å². The largest absolute Gasteiger partial charge is 0.368 e. The fourth-order valence-corrected chi connectivity index (χ4v) is 4.47. The molecule has 0 bridgehead atoms. The predicted molar refractivity (Wildman–Crippen MR) is 105 cm³/mol. The normalized spacial score (nSPS) is 21.7. The van der Waals surface area contributed by atoms with Gasteiger partial charge in [0.2, 0.25) is 0 Å². The Bertz CT molecular complexity index is 703. The molecule has 27 heavy (non-hydrogen) atoms. The lowest BCUT2D eigenvalue weighted by molar-refractivity contribution is -0.142. The number of nitrogens with zero attached hydrogens (tertiary/aromatic N) is 3. The summed E-state index contributed by atoms with van der Waals surface area (Å²) in [5.41, 5.74) is 2.94. The van der Waals surface area contributed by atoms with Crippen LogP contribution in [0.1, 0.15) is 55.4 Å². The molecule has 3 heterocycles. The Balaban J connectivity index is 1.58. The van der Waals surface area contributed by atoms with Gasteiger partial charge < -0.3 is 14.2 Å². The third-order valence-electron chi connectivity index (χ3n) is 5.66. The molecule has 0 saturated carbocycles. The Kier molecular flexibility index (Phi) is 5.77. The van der Waals surface area contributed by atoms with Crippen LogP contribution >= 0.6 is 0 Å². The molecule has 0 spiro atoms. The highest BCUT2D eigenvalue weighted by atomic mass is 16.5. The van der Waals surface area contributed by atoms with Crippen LogP contribution in [-0.2, 0) is 15.1 Å². The number of ketones is 1. The molecule has 3 rings (SSSR count). The monoisotopic (exact) mass is 375 g/mol. The number of carbonyl (C=O) groups is 2. The number of Topliss-reactive ketones (excluding diaryl/α,β-unsaturated/α-hetero) is 1. The Labute approximate surface area is 162 Å². The number of rotatable bonds is 4. The molecule has 2 fully saturated rings. The van der Waals surface area contributed by atoms with E-state index in [9.17, 15) is 9.59 Å². The minimum atomic E-state index is -0.249. The van der Waals surface area contributed by atoms with Crippen molar-refractivity contribution in [1.29, 1.82) is 0 Å². The number of amides is 1. The van der Waals surface area contributed by atoms with Crippen LogP contribution in [-0.4, -0.2) is 71.5 Å². The van der Waals surface area contributed by atoms with Crippen LogP contribution in [0.25, 0.3) is 0 Å². The molecular formula is C21H33N3O3. The van der Waals surface area contributed by atoms with Gasteiger partial charge in [0.1, 0.15) is 6.10 Å². The van der Waals surface area contributed by atoms with E-state index in [-0.39, 0.29) is 23.3 Å². The van der Waals surface area contributed by atoms with Crippen LogP contribution in [0.5, 0.6) is 0 Å². The number of ether oxygens (including phenoxy) is 1. The summed E-state index contributed by atoms with van der Waals surface area (Å²) in [6, 6.07) is 2.01. The zero-order valence-electron chi connectivity index (χ0n) is 17.4. The van der Waals surface area contributed by atoms with Gasteiger partial charge in [-0.05, 0) is 53.5 Å². The Morgan fingerprint density at radius 2 is 1.81 bits per heavy atom. The van der Waals surface area contributed by atoms with E-state index >= 15 is 0 Å². The first-order valence-electron chi connectivity index (χ1n) is 10.0. The van der Waals surface area contributed by atoms with Gasteiger partial charge in [0.25, 0.3) is 5.91 Å². The molecule has 2 aliphatic rings. The van der Waals surface area contributed by atoms with E-state index in [4.69, 9.17) is 4.74 Å². The Morgan fingerprint density at radius 1 is 1.15 bits per heavy atom. The summed E-state index contributed by atoms with van der Waals surface area (Å²) in [6.07, 6.45) is 1.56. The quantitative estimate of drug-likeness (QED) is 0.758. The van der Waals surface area contributed by atoms with E-state index in [2.05, 4.69) is 37.2 Å². The molecule has 0 aromatic carbocycles. The van der Waals surface area contributed by atoms with Crippen LogP contribution in [0, 0.1) is 13.8 Å². The first-order valence-corrected chi connectivity index (χ1v) is 10.0. The average Bonchev–Trinajstić information content (AvgIpc) is 3.22. The van der Waals surface area contributed by atoms with Crippen LogP contribution in [0.15, 0.2) is 6.07 Å². The smallest absolute Gasteiger partial charge is 0.251 e. The molecule has 2 saturated heterocycles. The molecule has 1 amide bonds. The zero-order chi connectivity index (χ0) is 19.8. The summed E-state index contributed by atoms with van der Waals surface area (Å²) >= 11 is 0. The summed E-state index contributed by atoms with van der Waals surface area (Å²) in [7, 11) is 0. The first-order chi connectivity index (χ1) is 12.7. The maximum atomic E-state index is 12.9. The second-order valence-corrected chi connectivity index (χ2v) is 8.82. The standard InChI is InChI=1S/C21H33N3O3/c1-15-13-17(16(2)24(15)21(3,4)5)18(25)14-22-8-10-23(11-9-22)20(26)19-7-6-12-27-19/h13,19H,6-12,14H2,1-5H3. The predicted octanol–water partition coefficient (Wildman–Crippen LogP) is 2.37. The van der Waals surface area contributed by atoms with Crippen molar-refractivity contribution in [3.8, 4) is 0 Å². The lowest BCUT2D eigenvalue weighted by Gasteiger charge is -2.35. The van der Waals surface area contributed by atoms with E-state index in [1.807, 2.05) is 17.9 Å². The van der Waals surface area contributed by atoms with Crippen LogP contribution in [0.2, 0.25) is 0 Å². The van der Waals surface area contributed by atoms with Crippen molar-refractivity contribution in [1.82, 2.24) is 14.4 Å². The summed E-state index contributed by atoms with van der Waals surface area (Å²) in [4.78, 5) is 29.4. The minimum Gasteiger partial charge on any atom is -0.368 e. The van der Waals surface area contributed by atoms with Crippen molar-refractivity contribution < 1.29 is 14.3 Å². The SMILES string of the molecule is Cc1cc(C(=O)CN2CCN(C(=O)C3CCCO3)CC2)c(C)n1C(C)(C)C. The second kappa shape index (κ2) is 7.76. The summed E-state index contributed by atoms with van der Waals surface area (Å²) < 4.78 is 7.74. The van der Waals surface area contributed by atoms with Gasteiger partial charge in [-0.3, -0.25) is 14.5 Å². The van der Waals surface area contributed by atoms with Gasteiger partial charge in [-0.1, -0.05) is 0 Å². The van der Waals surface area contributed by atoms with Crippen molar-refractivity contribution >= 4 is 11.7 Å². The third kappa shape index (κ3) is 4.27. The fourth-order valence-electron chi connectivity index (χ4n) is 4.47. The molecule has 150 valence electrons. The summed E-state index contributed by atoms with van der Waals surface area (Å²) in [5.74, 6) is 0.282. The van der Waals surface area contributed by atoms with Gasteiger partial charge in [-0.25, -0.2) is 0 Å². The van der Waals surface area contributed by atoms with Crippen molar-refractivity contribution in [2.24, 2.45) is 0 Å². The number of aryl methyl sites for hydroxylation is 1. The highest BCUT2D eigenvalue weighted by Crippen LogP contribution is 2.25. The zero-order valence-corrected chi connectivity index (χ0v) is 17.4. The van der Waals surface area contributed by atoms with Crippen molar-refractivity contribution in [2.75, 3.05) is 39.3 Å². The highest BCUT2D eigenvalue weighted by molar-refractivity contribution is 5.99. The van der Waals surface area contributed by atoms with E-state index in [0.717, 1.165) is 42.9 Å². The molecule has 6 nitrogen and oxygen atoms in total. The number of hydrogen-bond acceptors (Lipinski definition) is 4. The van der Waals surface area contributed by atoms with E-state index in [1.54, 1.807) is 0 Å². The average molecular weight is 376 g/mol. The molecule has 1 unspecified atom stereocenters. The molecule has 2 aliphatic heterocycles. The van der Waals surface area contributed by atoms with Crippen molar-refractivity contribution in [3.05, 3.63) is 23.0 Å². The summed E-state index contributed by atoms with van der Waals surface area (Å²) in [5, 5.41) is 0. The molecule has 1 aromatic heterocycles. The topological polar surface area (TPSA) is 54.8 Å². The first kappa shape index (κ1) is 20.1. The van der Waals surface area contributed by atoms with Gasteiger partial charge in [0.15, 0.2) is 5.78 Å². The van der Waals surface area contributed by atoms with E-state index < -0.39 is 0 Å². The Hall–Kier alpha value is -1.66. The lowest BCUT2D eigenvalue weighted by atomic mass is 10.1. The summed E-state index contributed by atoms with van der Waals surface area (Å²) in [6.45, 7) is 14.5. The van der Waals surface area contributed by atoms with Crippen LogP contribution < -0.4 is 0 Å². The number of aromatic nitrogens is 1. The maximum Gasteiger partial charge on any atom is 0.251 e. The van der Waals surface area contributed by atoms with Gasteiger partial charge >= 0.3 is 0 Å². The van der Waals surface area contributed by atoms with Gasteiger partial charge in [-0.2, -0.15) is 0 Å². The van der Waals surface area contributed by atoms with Crippen molar-refractivity contribution in [3.63, 3.8) is 0 Å². The molecule has 0 aliphatic carbocycles. The number of hydrogen-bond donors (Lipinski definition) is 0. The number of piperazine rings is 1. The molecule has 1 aromatic rings. The van der Waals surface area contributed by atoms with Crippen molar-refractivity contribution in [2.45, 2.75) is 59.1 Å². The lowest BCUT2D eigenvalue weighted by Crippen LogP contribution is -2.52. The third-order valence-corrected chi connectivity index (χ3v) is 5.66. The van der Waals surface area contributed by atoms with E-state index in [0.29, 0.717) is 26.2 Å². The Morgan fingerprint density at radius 3 is 2.33 bits per heavy atom. The molecule has 6 heteroatoms.